The Kier molecular flexibility index (Phi) is 6.61. The van der Waals surface area contributed by atoms with Crippen LogP contribution in [0.1, 0.15) is 31.4 Å². The molecule has 28 heavy (non-hydrogen) atoms. The first-order valence-electron chi connectivity index (χ1n) is 9.22. The van der Waals surface area contributed by atoms with Gasteiger partial charge in [0.05, 0.1) is 30.2 Å². The summed E-state index contributed by atoms with van der Waals surface area (Å²) < 4.78 is 46.7. The summed E-state index contributed by atoms with van der Waals surface area (Å²) in [7, 11) is -2.14. The van der Waals surface area contributed by atoms with Gasteiger partial charge in [0.25, 0.3) is 0 Å². The van der Waals surface area contributed by atoms with Crippen LogP contribution in [-0.2, 0) is 24.4 Å². The van der Waals surface area contributed by atoms with E-state index in [1.807, 2.05) is 0 Å². The number of benzene rings is 1. The monoisotopic (exact) mass is 434 g/mol. The van der Waals surface area contributed by atoms with E-state index in [1.54, 1.807) is 14.0 Å². The zero-order valence-corrected chi connectivity index (χ0v) is 17.4. The molecule has 2 heterocycles. The quantitative estimate of drug-likeness (QED) is 0.662. The van der Waals surface area contributed by atoms with Gasteiger partial charge < -0.3 is 4.74 Å². The maximum Gasteiger partial charge on any atom is 0.310 e. The first-order chi connectivity index (χ1) is 13.3. The zero-order valence-electron chi connectivity index (χ0n) is 15.8. The normalized spacial score (nSPS) is 27.1. The second kappa shape index (κ2) is 8.62. The zero-order chi connectivity index (χ0) is 20.5. The smallest absolute Gasteiger partial charge is 0.310 e. The van der Waals surface area contributed by atoms with Gasteiger partial charge in [-0.25, -0.2) is 17.1 Å². The molecule has 2 saturated heterocycles. The molecule has 3 unspecified atom stereocenters. The molecule has 3 atom stereocenters. The van der Waals surface area contributed by atoms with Gasteiger partial charge in [-0.3, -0.25) is 9.63 Å². The van der Waals surface area contributed by atoms with E-state index in [4.69, 9.17) is 21.2 Å². The standard InChI is InChI=1S/C18H24ClFN2O5S/c1-3-26-18(23)13-5-4-8-22(10-13)28(24,25)16-11-27-21(2)17(16)12-6-7-15(20)14(19)9-12/h6-7,9,13,16-17H,3-5,8,10-11H2,1-2H3. The fourth-order valence-electron chi connectivity index (χ4n) is 3.78. The Balaban J connectivity index is 1.85. The number of carbonyl (C=O) groups is 1. The minimum absolute atomic E-state index is 0.0287. The minimum atomic E-state index is -3.77. The van der Waals surface area contributed by atoms with Crippen molar-refractivity contribution in [2.45, 2.75) is 31.1 Å². The lowest BCUT2D eigenvalue weighted by atomic mass is 10.0. The Morgan fingerprint density at radius 1 is 1.43 bits per heavy atom. The molecule has 3 rings (SSSR count). The molecule has 1 aromatic carbocycles. The predicted octanol–water partition coefficient (Wildman–Crippen LogP) is 2.37. The highest BCUT2D eigenvalue weighted by Crippen LogP contribution is 2.37. The van der Waals surface area contributed by atoms with E-state index in [9.17, 15) is 17.6 Å². The number of esters is 1. The molecular weight excluding hydrogens is 411 g/mol. The van der Waals surface area contributed by atoms with Crippen LogP contribution in [0.4, 0.5) is 4.39 Å². The number of sulfonamides is 1. The number of hydrogen-bond donors (Lipinski definition) is 0. The Morgan fingerprint density at radius 3 is 2.86 bits per heavy atom. The van der Waals surface area contributed by atoms with Gasteiger partial charge in [0.2, 0.25) is 10.0 Å². The number of piperidine rings is 1. The van der Waals surface area contributed by atoms with E-state index < -0.39 is 33.1 Å². The fourth-order valence-corrected chi connectivity index (χ4v) is 6.01. The van der Waals surface area contributed by atoms with Crippen LogP contribution in [-0.4, -0.2) is 62.4 Å². The minimum Gasteiger partial charge on any atom is -0.466 e. The number of hydroxylamine groups is 2. The summed E-state index contributed by atoms with van der Waals surface area (Å²) in [6.45, 7) is 2.39. The van der Waals surface area contributed by atoms with E-state index in [0.29, 0.717) is 24.9 Å². The van der Waals surface area contributed by atoms with Crippen molar-refractivity contribution in [3.8, 4) is 0 Å². The van der Waals surface area contributed by atoms with Crippen LogP contribution in [0.15, 0.2) is 18.2 Å². The van der Waals surface area contributed by atoms with Gasteiger partial charge in [-0.1, -0.05) is 17.7 Å². The Morgan fingerprint density at radius 2 is 2.18 bits per heavy atom. The summed E-state index contributed by atoms with van der Waals surface area (Å²) >= 11 is 5.89. The molecule has 0 amide bonds. The van der Waals surface area contributed by atoms with Gasteiger partial charge >= 0.3 is 5.97 Å². The van der Waals surface area contributed by atoms with Crippen LogP contribution in [0.5, 0.6) is 0 Å². The summed E-state index contributed by atoms with van der Waals surface area (Å²) in [4.78, 5) is 17.6. The maximum atomic E-state index is 13.5. The first-order valence-corrected chi connectivity index (χ1v) is 11.1. The van der Waals surface area contributed by atoms with Crippen LogP contribution in [0.3, 0.4) is 0 Å². The summed E-state index contributed by atoms with van der Waals surface area (Å²) in [6.07, 6.45) is 1.18. The highest BCUT2D eigenvalue weighted by molar-refractivity contribution is 7.89. The van der Waals surface area contributed by atoms with Crippen LogP contribution in [0.25, 0.3) is 0 Å². The van der Waals surface area contributed by atoms with Crippen molar-refractivity contribution in [2.24, 2.45) is 5.92 Å². The van der Waals surface area contributed by atoms with Crippen molar-refractivity contribution in [3.63, 3.8) is 0 Å². The van der Waals surface area contributed by atoms with Crippen molar-refractivity contribution < 1.29 is 27.2 Å². The van der Waals surface area contributed by atoms with Crippen LogP contribution >= 0.6 is 11.6 Å². The molecular formula is C18H24ClFN2O5S. The molecule has 0 N–H and O–H groups in total. The highest BCUT2D eigenvalue weighted by Gasteiger charge is 2.47. The lowest BCUT2D eigenvalue weighted by Gasteiger charge is -2.34. The van der Waals surface area contributed by atoms with Gasteiger partial charge in [0.1, 0.15) is 11.1 Å². The largest absolute Gasteiger partial charge is 0.466 e. The van der Waals surface area contributed by atoms with Crippen molar-refractivity contribution in [1.82, 2.24) is 9.37 Å². The van der Waals surface area contributed by atoms with Gasteiger partial charge in [-0.05, 0) is 37.5 Å². The molecule has 2 aliphatic rings. The van der Waals surface area contributed by atoms with Crippen LogP contribution < -0.4 is 0 Å². The van der Waals surface area contributed by atoms with E-state index in [0.717, 1.165) is 0 Å². The predicted molar refractivity (Wildman–Crippen MR) is 102 cm³/mol. The topological polar surface area (TPSA) is 76.1 Å². The number of nitrogens with zero attached hydrogens (tertiary/aromatic N) is 2. The van der Waals surface area contributed by atoms with E-state index in [2.05, 4.69) is 0 Å². The third-order valence-corrected chi connectivity index (χ3v) is 7.72. The fraction of sp³-hybridized carbons (Fsp3) is 0.611. The van der Waals surface area contributed by atoms with E-state index in [1.165, 1.54) is 27.6 Å². The summed E-state index contributed by atoms with van der Waals surface area (Å²) in [5, 5.41) is 0.493. The Bertz CT molecular complexity index is 837. The van der Waals surface area contributed by atoms with Gasteiger partial charge in [-0.15, -0.1) is 0 Å². The number of hydrogen-bond acceptors (Lipinski definition) is 6. The summed E-state index contributed by atoms with van der Waals surface area (Å²) in [5.74, 6) is -1.41. The molecule has 2 fully saturated rings. The highest BCUT2D eigenvalue weighted by atomic mass is 35.5. The molecule has 10 heteroatoms. The summed E-state index contributed by atoms with van der Waals surface area (Å²) in [6, 6.07) is 3.51. The molecule has 1 aromatic rings. The molecule has 0 aromatic heterocycles. The number of carbonyl (C=O) groups excluding carboxylic acids is 1. The second-order valence-corrected chi connectivity index (χ2v) is 9.55. The molecule has 2 aliphatic heterocycles. The molecule has 0 aliphatic carbocycles. The summed E-state index contributed by atoms with van der Waals surface area (Å²) in [5.41, 5.74) is 0.555. The Hall–Kier alpha value is -1.26. The van der Waals surface area contributed by atoms with Crippen molar-refractivity contribution in [3.05, 3.63) is 34.6 Å². The lowest BCUT2D eigenvalue weighted by molar-refractivity contribution is -0.149. The van der Waals surface area contributed by atoms with Crippen molar-refractivity contribution in [1.29, 1.82) is 0 Å². The lowest BCUT2D eigenvalue weighted by Crippen LogP contribution is -2.48. The molecule has 0 radical (unpaired) electrons. The third-order valence-electron chi connectivity index (χ3n) is 5.22. The Labute approximate surface area is 169 Å². The van der Waals surface area contributed by atoms with Crippen molar-refractivity contribution in [2.75, 3.05) is 33.4 Å². The number of rotatable bonds is 5. The number of halogens is 2. The molecule has 7 nitrogen and oxygen atoms in total. The second-order valence-electron chi connectivity index (χ2n) is 6.99. The average molecular weight is 435 g/mol. The number of ether oxygens (including phenoxy) is 1. The van der Waals surface area contributed by atoms with Gasteiger partial charge in [0.15, 0.2) is 0 Å². The SMILES string of the molecule is CCOC(=O)C1CCCN(S(=O)(=O)C2CON(C)C2c2ccc(F)c(Cl)c2)C1. The maximum absolute atomic E-state index is 13.5. The molecule has 0 bridgehead atoms. The van der Waals surface area contributed by atoms with E-state index in [-0.39, 0.29) is 30.8 Å². The molecule has 0 spiro atoms. The average Bonchev–Trinajstić information content (AvgIpc) is 3.06. The first kappa shape index (κ1) is 21.4. The van der Waals surface area contributed by atoms with Crippen LogP contribution in [0, 0.1) is 11.7 Å². The van der Waals surface area contributed by atoms with Crippen molar-refractivity contribution >= 4 is 27.6 Å². The van der Waals surface area contributed by atoms with E-state index >= 15 is 0 Å². The van der Waals surface area contributed by atoms with Gasteiger partial charge in [0, 0.05) is 20.1 Å². The molecule has 0 saturated carbocycles. The molecule has 156 valence electrons. The third kappa shape index (κ3) is 4.18. The van der Waals surface area contributed by atoms with Gasteiger partial charge in [-0.2, -0.15) is 5.06 Å². The van der Waals surface area contributed by atoms with Crippen LogP contribution in [0.2, 0.25) is 5.02 Å².